The van der Waals surface area contributed by atoms with Gasteiger partial charge in [-0.25, -0.2) is 15.0 Å². The van der Waals surface area contributed by atoms with Crippen LogP contribution in [-0.2, 0) is 28.9 Å². The molecular weight excluding hydrogens is 407 g/mol. The Balaban J connectivity index is 2.02. The van der Waals surface area contributed by atoms with Crippen LogP contribution in [0.3, 0.4) is 0 Å². The van der Waals surface area contributed by atoms with E-state index in [2.05, 4.69) is 20.3 Å². The second kappa shape index (κ2) is 10.8. The Morgan fingerprint density at radius 1 is 1.25 bits per heavy atom. The summed E-state index contributed by atoms with van der Waals surface area (Å²) in [5.74, 6) is 0. The zero-order valence-electron chi connectivity index (χ0n) is 15.8. The van der Waals surface area contributed by atoms with Gasteiger partial charge in [0, 0.05) is 6.21 Å². The lowest BCUT2D eigenvalue weighted by atomic mass is 10.1. The SMILES string of the molecule is CCOP(=O)(CCCCOC1(c2ncnc(Cl)c2NC=O)C=CC=N1)OCC. The zero-order chi connectivity index (χ0) is 20.5. The van der Waals surface area contributed by atoms with Crippen molar-refractivity contribution in [2.24, 2.45) is 4.99 Å². The van der Waals surface area contributed by atoms with Crippen molar-refractivity contribution in [2.75, 3.05) is 31.3 Å². The van der Waals surface area contributed by atoms with Crippen LogP contribution in [0.4, 0.5) is 5.69 Å². The smallest absolute Gasteiger partial charge is 0.330 e. The first-order valence-electron chi connectivity index (χ1n) is 8.96. The molecule has 9 nitrogen and oxygen atoms in total. The van der Waals surface area contributed by atoms with Crippen molar-refractivity contribution in [3.8, 4) is 0 Å². The summed E-state index contributed by atoms with van der Waals surface area (Å²) in [7, 11) is -3.07. The standard InChI is InChI=1S/C17H24ClN4O5P/c1-3-26-28(24,27-4-2)11-6-5-10-25-17(8-7-9-22-17)15-14(21-13-23)16(18)20-12-19-15/h7-9,12-13H,3-6,10-11H2,1-2H3,(H,21,23). The van der Waals surface area contributed by atoms with Crippen LogP contribution in [0.2, 0.25) is 5.15 Å². The predicted molar refractivity (Wildman–Crippen MR) is 107 cm³/mol. The summed E-state index contributed by atoms with van der Waals surface area (Å²) < 4.78 is 29.0. The zero-order valence-corrected chi connectivity index (χ0v) is 17.5. The Hall–Kier alpha value is -1.64. The van der Waals surface area contributed by atoms with Crippen molar-refractivity contribution in [1.82, 2.24) is 9.97 Å². The normalized spacial score (nSPS) is 18.5. The van der Waals surface area contributed by atoms with Gasteiger partial charge in [0.05, 0.1) is 26.0 Å². The molecule has 0 radical (unpaired) electrons. The summed E-state index contributed by atoms with van der Waals surface area (Å²) in [6.07, 6.45) is 8.28. The van der Waals surface area contributed by atoms with E-state index in [4.69, 9.17) is 25.4 Å². The fourth-order valence-corrected chi connectivity index (χ4v) is 4.60. The van der Waals surface area contributed by atoms with E-state index >= 15 is 0 Å². The molecule has 0 saturated carbocycles. The maximum Gasteiger partial charge on any atom is 0.330 e. The minimum atomic E-state index is -3.07. The van der Waals surface area contributed by atoms with Crippen molar-refractivity contribution in [2.45, 2.75) is 32.4 Å². The van der Waals surface area contributed by atoms with E-state index in [1.54, 1.807) is 32.2 Å². The number of nitrogens with zero attached hydrogens (tertiary/aromatic N) is 3. The van der Waals surface area contributed by atoms with Crippen LogP contribution >= 0.6 is 19.2 Å². The molecule has 0 saturated heterocycles. The van der Waals surface area contributed by atoms with Crippen LogP contribution < -0.4 is 5.32 Å². The molecule has 1 aromatic rings. The maximum atomic E-state index is 12.5. The molecule has 1 aliphatic heterocycles. The first kappa shape index (κ1) is 22.6. The number of carbonyl (C=O) groups excluding carboxylic acids is 1. The molecule has 2 rings (SSSR count). The molecule has 0 aliphatic carbocycles. The monoisotopic (exact) mass is 430 g/mol. The van der Waals surface area contributed by atoms with Gasteiger partial charge < -0.3 is 19.1 Å². The van der Waals surface area contributed by atoms with Gasteiger partial charge in [0.1, 0.15) is 17.7 Å². The molecule has 1 atom stereocenters. The Morgan fingerprint density at radius 3 is 2.61 bits per heavy atom. The molecule has 0 bridgehead atoms. The number of aromatic nitrogens is 2. The topological polar surface area (TPSA) is 112 Å². The Kier molecular flexibility index (Phi) is 8.72. The van der Waals surface area contributed by atoms with Crippen LogP contribution in [0.25, 0.3) is 0 Å². The molecule has 0 spiro atoms. The van der Waals surface area contributed by atoms with E-state index < -0.39 is 13.3 Å². The molecule has 11 heteroatoms. The molecule has 0 aromatic carbocycles. The summed E-state index contributed by atoms with van der Waals surface area (Å²) in [4.78, 5) is 23.4. The van der Waals surface area contributed by atoms with Crippen LogP contribution in [0.5, 0.6) is 0 Å². The molecule has 0 fully saturated rings. The second-order valence-corrected chi connectivity index (χ2v) is 8.25. The third kappa shape index (κ3) is 5.68. The van der Waals surface area contributed by atoms with Crippen molar-refractivity contribution >= 4 is 37.5 Å². The van der Waals surface area contributed by atoms with Crippen LogP contribution in [-0.4, -0.2) is 48.6 Å². The third-order valence-electron chi connectivity index (χ3n) is 3.82. The Morgan fingerprint density at radius 2 is 2.00 bits per heavy atom. The quantitative estimate of drug-likeness (QED) is 0.220. The van der Waals surface area contributed by atoms with Crippen molar-refractivity contribution in [3.63, 3.8) is 0 Å². The molecule has 1 aromatic heterocycles. The van der Waals surface area contributed by atoms with Gasteiger partial charge in [0.2, 0.25) is 12.1 Å². The molecule has 1 unspecified atom stereocenters. The molecule has 2 heterocycles. The van der Waals surface area contributed by atoms with Crippen molar-refractivity contribution in [3.05, 3.63) is 29.3 Å². The van der Waals surface area contributed by atoms with Crippen LogP contribution in [0, 0.1) is 0 Å². The van der Waals surface area contributed by atoms with Crippen molar-refractivity contribution in [1.29, 1.82) is 0 Å². The summed E-state index contributed by atoms with van der Waals surface area (Å²) in [6, 6.07) is 0. The third-order valence-corrected chi connectivity index (χ3v) is 6.27. The lowest BCUT2D eigenvalue weighted by molar-refractivity contribution is -0.105. The van der Waals surface area contributed by atoms with Crippen LogP contribution in [0.15, 0.2) is 23.5 Å². The lowest BCUT2D eigenvalue weighted by Crippen LogP contribution is -2.27. The van der Waals surface area contributed by atoms with Gasteiger partial charge in [0.25, 0.3) is 0 Å². The van der Waals surface area contributed by atoms with E-state index in [9.17, 15) is 9.36 Å². The minimum absolute atomic E-state index is 0.0879. The van der Waals surface area contributed by atoms with E-state index in [-0.39, 0.29) is 10.8 Å². The minimum Gasteiger partial charge on any atom is -0.345 e. The van der Waals surface area contributed by atoms with Gasteiger partial charge in [0.15, 0.2) is 5.15 Å². The number of ether oxygens (including phenoxy) is 1. The summed E-state index contributed by atoms with van der Waals surface area (Å²) in [5, 5.41) is 2.59. The van der Waals surface area contributed by atoms with Crippen LogP contribution in [0.1, 0.15) is 32.4 Å². The number of aliphatic imine (C=N–C) groups is 1. The number of unbranched alkanes of at least 4 members (excludes halogenated alkanes) is 1. The summed E-state index contributed by atoms with van der Waals surface area (Å²) in [5.41, 5.74) is -0.638. The lowest BCUT2D eigenvalue weighted by Gasteiger charge is -2.26. The fourth-order valence-electron chi connectivity index (χ4n) is 2.68. The Bertz CT molecular complexity index is 752. The number of halogens is 1. The largest absolute Gasteiger partial charge is 0.345 e. The number of nitrogens with one attached hydrogen (secondary N) is 1. The number of rotatable bonds is 13. The van der Waals surface area contributed by atoms with Gasteiger partial charge in [-0.15, -0.1) is 0 Å². The maximum absolute atomic E-state index is 12.5. The summed E-state index contributed by atoms with van der Waals surface area (Å²) in [6.45, 7) is 4.53. The number of anilines is 1. The average Bonchev–Trinajstić information content (AvgIpc) is 3.13. The second-order valence-electron chi connectivity index (χ2n) is 5.71. The van der Waals surface area contributed by atoms with E-state index in [1.165, 1.54) is 6.33 Å². The predicted octanol–water partition coefficient (Wildman–Crippen LogP) is 3.55. The highest BCUT2D eigenvalue weighted by atomic mass is 35.5. The molecular formula is C17H24ClN4O5P. The molecule has 154 valence electrons. The van der Waals surface area contributed by atoms with E-state index in [1.807, 2.05) is 0 Å². The first-order valence-corrected chi connectivity index (χ1v) is 11.1. The average molecular weight is 431 g/mol. The highest BCUT2D eigenvalue weighted by molar-refractivity contribution is 7.53. The van der Waals surface area contributed by atoms with E-state index in [0.717, 1.165) is 0 Å². The fraction of sp³-hybridized carbons (Fsp3) is 0.529. The van der Waals surface area contributed by atoms with Gasteiger partial charge >= 0.3 is 7.60 Å². The number of hydrogen-bond acceptors (Lipinski definition) is 8. The number of amides is 1. The van der Waals surface area contributed by atoms with Gasteiger partial charge in [-0.3, -0.25) is 9.36 Å². The molecule has 1 N–H and O–H groups in total. The number of allylic oxidation sites excluding steroid dienone is 1. The highest BCUT2D eigenvalue weighted by Crippen LogP contribution is 2.48. The molecule has 1 aliphatic rings. The first-order chi connectivity index (χ1) is 13.5. The van der Waals surface area contributed by atoms with Gasteiger partial charge in [-0.05, 0) is 38.8 Å². The van der Waals surface area contributed by atoms with Gasteiger partial charge in [-0.2, -0.15) is 0 Å². The summed E-state index contributed by atoms with van der Waals surface area (Å²) >= 11 is 6.08. The highest BCUT2D eigenvalue weighted by Gasteiger charge is 2.36. The number of hydrogen-bond donors (Lipinski definition) is 1. The van der Waals surface area contributed by atoms with Gasteiger partial charge in [-0.1, -0.05) is 11.6 Å². The number of carbonyl (C=O) groups is 1. The van der Waals surface area contributed by atoms with Crippen molar-refractivity contribution < 1.29 is 23.1 Å². The molecule has 1 amide bonds. The van der Waals surface area contributed by atoms with E-state index in [0.29, 0.717) is 50.9 Å². The molecule has 28 heavy (non-hydrogen) atoms. The Labute approximate surface area is 169 Å².